The summed E-state index contributed by atoms with van der Waals surface area (Å²) in [4.78, 5) is 49.8. The Labute approximate surface area is 311 Å². The van der Waals surface area contributed by atoms with E-state index >= 15 is 0 Å². The zero-order valence-electron chi connectivity index (χ0n) is 29.6. The molecule has 8 rings (SSSR count). The highest BCUT2D eigenvalue weighted by Gasteiger charge is 2.24. The Balaban J connectivity index is 1.22. The summed E-state index contributed by atoms with van der Waals surface area (Å²) in [6.07, 6.45) is 7.58. The minimum Gasteiger partial charge on any atom is -0.465 e. The van der Waals surface area contributed by atoms with Crippen LogP contribution in [-0.4, -0.2) is 51.0 Å². The normalized spacial score (nSPS) is 11.1. The van der Waals surface area contributed by atoms with E-state index in [1.54, 1.807) is 36.4 Å². The molecule has 0 atom stereocenters. The lowest BCUT2D eigenvalue weighted by atomic mass is 9.90. The van der Waals surface area contributed by atoms with E-state index < -0.39 is 11.9 Å². The summed E-state index contributed by atoms with van der Waals surface area (Å²) < 4.78 is 14.2. The van der Waals surface area contributed by atoms with Gasteiger partial charge in [-0.3, -0.25) is 14.8 Å². The first-order valence-electron chi connectivity index (χ1n) is 17.4. The van der Waals surface area contributed by atoms with Gasteiger partial charge in [-0.05, 0) is 96.1 Å². The van der Waals surface area contributed by atoms with Crippen molar-refractivity contribution >= 4 is 39.5 Å². The van der Waals surface area contributed by atoms with Crippen molar-refractivity contribution < 1.29 is 23.9 Å². The van der Waals surface area contributed by atoms with Crippen LogP contribution in [0, 0.1) is 0 Å². The van der Waals surface area contributed by atoms with Gasteiger partial charge < -0.3 is 18.6 Å². The highest BCUT2D eigenvalue weighted by Crippen LogP contribution is 2.34. The highest BCUT2D eigenvalue weighted by atomic mass is 16.5. The zero-order valence-corrected chi connectivity index (χ0v) is 29.6. The second-order valence-electron chi connectivity index (χ2n) is 12.9. The molecule has 4 aromatic heterocycles. The predicted octanol–water partition coefficient (Wildman–Crippen LogP) is 8.62. The van der Waals surface area contributed by atoms with Crippen LogP contribution in [0.5, 0.6) is 0 Å². The standard InChI is InChI=1S/C45H34N4O5/c1-53-44(51)33-15-17-35(37(23-33)41-13-7-19-48(41)27-29-21-31-9-3-5-11-39(31)46-25-29)43(50)36-18-16-34(45(52)54-2)24-38(36)42-14-8-20-49(42)28-30-22-32-10-4-6-12-40(32)47-26-30/h3-26H,27-28H2,1-2H3. The number of carbonyl (C=O) groups excluding carboxylic acids is 3. The number of para-hydroxylation sites is 2. The molecule has 0 aliphatic carbocycles. The van der Waals surface area contributed by atoms with Gasteiger partial charge in [-0.2, -0.15) is 0 Å². The second-order valence-corrected chi connectivity index (χ2v) is 12.9. The molecule has 0 aliphatic rings. The van der Waals surface area contributed by atoms with Gasteiger partial charge in [0.15, 0.2) is 5.78 Å². The van der Waals surface area contributed by atoms with Crippen molar-refractivity contribution in [3.05, 3.63) is 179 Å². The molecular weight excluding hydrogens is 677 g/mol. The van der Waals surface area contributed by atoms with Crippen molar-refractivity contribution in [2.75, 3.05) is 14.2 Å². The number of ether oxygens (including phenoxy) is 2. The van der Waals surface area contributed by atoms with E-state index in [4.69, 9.17) is 9.47 Å². The monoisotopic (exact) mass is 710 g/mol. The Hall–Kier alpha value is -7.13. The van der Waals surface area contributed by atoms with Crippen molar-refractivity contribution in [3.63, 3.8) is 0 Å². The summed E-state index contributed by atoms with van der Waals surface area (Å²) in [5.41, 5.74) is 7.72. The maximum Gasteiger partial charge on any atom is 0.337 e. The summed E-state index contributed by atoms with van der Waals surface area (Å²) in [5.74, 6) is -1.32. The summed E-state index contributed by atoms with van der Waals surface area (Å²) >= 11 is 0. The van der Waals surface area contributed by atoms with Crippen LogP contribution in [0.15, 0.2) is 146 Å². The average molecular weight is 711 g/mol. The lowest BCUT2D eigenvalue weighted by molar-refractivity contribution is 0.0592. The third-order valence-electron chi connectivity index (χ3n) is 9.58. The summed E-state index contributed by atoms with van der Waals surface area (Å²) in [5, 5.41) is 2.05. The molecule has 0 fully saturated rings. The molecule has 4 heterocycles. The topological polar surface area (TPSA) is 105 Å². The van der Waals surface area contributed by atoms with Gasteiger partial charge in [0.25, 0.3) is 0 Å². The molecule has 0 saturated carbocycles. The van der Waals surface area contributed by atoms with Crippen LogP contribution in [0.3, 0.4) is 0 Å². The number of aromatic nitrogens is 4. The van der Waals surface area contributed by atoms with Crippen LogP contribution in [0.1, 0.15) is 47.8 Å². The van der Waals surface area contributed by atoms with Crippen molar-refractivity contribution in [1.82, 2.24) is 19.1 Å². The average Bonchev–Trinajstić information content (AvgIpc) is 3.89. The van der Waals surface area contributed by atoms with Gasteiger partial charge in [-0.25, -0.2) is 9.59 Å². The van der Waals surface area contributed by atoms with E-state index in [-0.39, 0.29) is 5.78 Å². The predicted molar refractivity (Wildman–Crippen MR) is 208 cm³/mol. The fraction of sp³-hybridized carbons (Fsp3) is 0.0889. The van der Waals surface area contributed by atoms with Crippen molar-refractivity contribution in [2.24, 2.45) is 0 Å². The second kappa shape index (κ2) is 14.5. The fourth-order valence-corrected chi connectivity index (χ4v) is 6.94. The SMILES string of the molecule is COC(=O)c1ccc(C(=O)c2ccc(C(=O)OC)cc2-c2cccn2Cc2cnc3ccccc3c2)c(-c2cccn2Cc2cnc3ccccc3c2)c1. The number of methoxy groups -OCH3 is 2. The first-order chi connectivity index (χ1) is 26.4. The molecule has 0 unspecified atom stereocenters. The van der Waals surface area contributed by atoms with Gasteiger partial charge in [0.05, 0.1) is 36.4 Å². The molecule has 264 valence electrons. The number of benzene rings is 4. The molecular formula is C45H34N4O5. The molecule has 9 nitrogen and oxygen atoms in total. The van der Waals surface area contributed by atoms with Gasteiger partial charge >= 0.3 is 11.9 Å². The molecule has 0 saturated heterocycles. The number of nitrogens with zero attached hydrogens (tertiary/aromatic N) is 4. The van der Waals surface area contributed by atoms with E-state index in [0.717, 1.165) is 44.3 Å². The lowest BCUT2D eigenvalue weighted by Crippen LogP contribution is -2.12. The van der Waals surface area contributed by atoms with Gasteiger partial charge in [-0.1, -0.05) is 36.4 Å². The van der Waals surface area contributed by atoms with Gasteiger partial charge in [-0.15, -0.1) is 0 Å². The summed E-state index contributed by atoms with van der Waals surface area (Å²) in [7, 11) is 2.66. The van der Waals surface area contributed by atoms with Gasteiger partial charge in [0, 0.05) is 82.3 Å². The Bertz CT molecular complexity index is 2540. The molecule has 0 spiro atoms. The largest absolute Gasteiger partial charge is 0.465 e. The number of esters is 2. The third kappa shape index (κ3) is 6.54. The first-order valence-corrected chi connectivity index (χ1v) is 17.4. The molecule has 8 aromatic rings. The number of hydrogen-bond acceptors (Lipinski definition) is 7. The van der Waals surface area contributed by atoms with E-state index in [2.05, 4.69) is 22.1 Å². The summed E-state index contributed by atoms with van der Waals surface area (Å²) in [6, 6.07) is 37.7. The maximum absolute atomic E-state index is 14.9. The van der Waals surface area contributed by atoms with E-state index in [0.29, 0.717) is 46.5 Å². The van der Waals surface area contributed by atoms with E-state index in [9.17, 15) is 14.4 Å². The third-order valence-corrected chi connectivity index (χ3v) is 9.58. The Morgan fingerprint density at radius 1 is 0.537 bits per heavy atom. The quantitative estimate of drug-likeness (QED) is 0.103. The van der Waals surface area contributed by atoms with E-state index in [1.165, 1.54) is 14.2 Å². The maximum atomic E-state index is 14.9. The van der Waals surface area contributed by atoms with Crippen LogP contribution >= 0.6 is 0 Å². The van der Waals surface area contributed by atoms with Crippen LogP contribution in [0.25, 0.3) is 44.3 Å². The van der Waals surface area contributed by atoms with Crippen LogP contribution in [-0.2, 0) is 22.6 Å². The molecule has 54 heavy (non-hydrogen) atoms. The minimum atomic E-state index is -0.517. The Morgan fingerprint density at radius 2 is 0.981 bits per heavy atom. The number of fused-ring (bicyclic) bond motifs is 2. The van der Waals surface area contributed by atoms with E-state index in [1.807, 2.05) is 107 Å². The molecule has 0 bridgehead atoms. The summed E-state index contributed by atoms with van der Waals surface area (Å²) in [6.45, 7) is 0.957. The number of carbonyl (C=O) groups is 3. The first kappa shape index (κ1) is 34.0. The smallest absolute Gasteiger partial charge is 0.337 e. The highest BCUT2D eigenvalue weighted by molar-refractivity contribution is 6.16. The van der Waals surface area contributed by atoms with Gasteiger partial charge in [0.2, 0.25) is 0 Å². The molecule has 0 aliphatic heterocycles. The number of pyridine rings is 2. The Morgan fingerprint density at radius 3 is 1.43 bits per heavy atom. The molecule has 9 heteroatoms. The zero-order chi connectivity index (χ0) is 37.2. The molecule has 4 aromatic carbocycles. The molecule has 0 N–H and O–H groups in total. The van der Waals surface area contributed by atoms with Crippen LogP contribution < -0.4 is 0 Å². The number of hydrogen-bond donors (Lipinski definition) is 0. The van der Waals surface area contributed by atoms with Crippen molar-refractivity contribution in [2.45, 2.75) is 13.1 Å². The fourth-order valence-electron chi connectivity index (χ4n) is 6.94. The molecule has 0 amide bonds. The lowest BCUT2D eigenvalue weighted by Gasteiger charge is -2.17. The number of rotatable bonds is 10. The Kier molecular flexibility index (Phi) is 9.11. The molecule has 0 radical (unpaired) electrons. The van der Waals surface area contributed by atoms with Crippen LogP contribution in [0.4, 0.5) is 0 Å². The minimum absolute atomic E-state index is 0.284. The van der Waals surface area contributed by atoms with Crippen molar-refractivity contribution in [1.29, 1.82) is 0 Å². The van der Waals surface area contributed by atoms with Gasteiger partial charge in [0.1, 0.15) is 0 Å². The van der Waals surface area contributed by atoms with Crippen LogP contribution in [0.2, 0.25) is 0 Å². The number of ketones is 1. The van der Waals surface area contributed by atoms with Crippen molar-refractivity contribution in [3.8, 4) is 22.5 Å².